The van der Waals surface area contributed by atoms with E-state index in [-0.39, 0.29) is 5.75 Å². The topological polar surface area (TPSA) is 73.3 Å². The van der Waals surface area contributed by atoms with Gasteiger partial charge in [-0.25, -0.2) is 9.97 Å². The Morgan fingerprint density at radius 3 is 2.84 bits per heavy atom. The number of halogens is 1. The molecule has 1 aliphatic heterocycles. The number of nitrogens with zero attached hydrogens (tertiary/aromatic N) is 3. The normalized spacial score (nSPS) is 16.8. The third-order valence-corrected chi connectivity index (χ3v) is 6.11. The fourth-order valence-corrected chi connectivity index (χ4v) is 4.20. The Hall–Kier alpha value is -2.67. The molecule has 3 aromatic rings. The molecule has 7 heteroatoms. The highest BCUT2D eigenvalue weighted by Gasteiger charge is 2.18. The van der Waals surface area contributed by atoms with Gasteiger partial charge in [-0.3, -0.25) is 4.90 Å². The van der Waals surface area contributed by atoms with Crippen molar-refractivity contribution in [3.8, 4) is 17.0 Å². The smallest absolute Gasteiger partial charge is 0.223 e. The van der Waals surface area contributed by atoms with Gasteiger partial charge in [0.05, 0.1) is 10.7 Å². The Balaban J connectivity index is 1.44. The van der Waals surface area contributed by atoms with Gasteiger partial charge in [0, 0.05) is 50.0 Å². The summed E-state index contributed by atoms with van der Waals surface area (Å²) in [5.41, 5.74) is 5.28. The first kappa shape index (κ1) is 22.5. The zero-order chi connectivity index (χ0) is 22.5. The van der Waals surface area contributed by atoms with Crippen molar-refractivity contribution in [1.82, 2.24) is 20.2 Å². The van der Waals surface area contributed by atoms with E-state index in [0.717, 1.165) is 55.1 Å². The molecular formula is C25H30ClN5O. The number of aromatic hydroxyl groups is 1. The molecule has 6 nitrogen and oxygen atoms in total. The molecule has 3 N–H and O–H groups in total. The molecule has 0 saturated carbocycles. The Kier molecular flexibility index (Phi) is 7.25. The summed E-state index contributed by atoms with van der Waals surface area (Å²) in [5.74, 6) is 0.717. The number of hydrogen-bond donors (Lipinski definition) is 3. The Bertz CT molecular complexity index is 1070. The first-order chi connectivity index (χ1) is 15.5. The molecule has 1 aliphatic rings. The number of aromatic nitrogens is 2. The third kappa shape index (κ3) is 5.76. The summed E-state index contributed by atoms with van der Waals surface area (Å²) in [5, 5.41) is 16.7. The van der Waals surface area contributed by atoms with Crippen LogP contribution in [0.4, 0.5) is 5.95 Å². The van der Waals surface area contributed by atoms with Crippen LogP contribution in [-0.2, 0) is 13.0 Å². The SMILES string of the molecule is Cc1cc(-c2cccc(CN3CCNC[C@@H]3C)c2)nc(NCCc2ccc(O)c(Cl)c2)n1. The number of phenols is 1. The molecule has 0 bridgehead atoms. The molecule has 0 radical (unpaired) electrons. The van der Waals surface area contributed by atoms with Crippen LogP contribution in [0.1, 0.15) is 23.7 Å². The fraction of sp³-hybridized carbons (Fsp3) is 0.360. The van der Waals surface area contributed by atoms with Gasteiger partial charge in [0.2, 0.25) is 5.95 Å². The number of hydrogen-bond acceptors (Lipinski definition) is 6. The average Bonchev–Trinajstić information content (AvgIpc) is 2.78. The highest BCUT2D eigenvalue weighted by Crippen LogP contribution is 2.24. The first-order valence-electron chi connectivity index (χ1n) is 11.1. The fourth-order valence-electron chi connectivity index (χ4n) is 4.00. The molecule has 1 aromatic heterocycles. The second-order valence-corrected chi connectivity index (χ2v) is 8.81. The minimum Gasteiger partial charge on any atom is -0.506 e. The number of anilines is 1. The van der Waals surface area contributed by atoms with Gasteiger partial charge in [-0.2, -0.15) is 0 Å². The summed E-state index contributed by atoms with van der Waals surface area (Å²) in [6, 6.07) is 16.5. The van der Waals surface area contributed by atoms with Crippen molar-refractivity contribution in [1.29, 1.82) is 0 Å². The predicted molar refractivity (Wildman–Crippen MR) is 130 cm³/mol. The Morgan fingerprint density at radius 1 is 1.16 bits per heavy atom. The van der Waals surface area contributed by atoms with Crippen LogP contribution in [0.3, 0.4) is 0 Å². The summed E-state index contributed by atoms with van der Waals surface area (Å²) in [7, 11) is 0. The molecule has 1 saturated heterocycles. The van der Waals surface area contributed by atoms with Gasteiger partial charge in [0.25, 0.3) is 0 Å². The maximum Gasteiger partial charge on any atom is 0.223 e. The summed E-state index contributed by atoms with van der Waals surface area (Å²) < 4.78 is 0. The first-order valence-corrected chi connectivity index (χ1v) is 11.5. The monoisotopic (exact) mass is 451 g/mol. The molecule has 0 unspecified atom stereocenters. The van der Waals surface area contributed by atoms with E-state index in [1.165, 1.54) is 5.56 Å². The van der Waals surface area contributed by atoms with Crippen LogP contribution < -0.4 is 10.6 Å². The maximum atomic E-state index is 9.57. The van der Waals surface area contributed by atoms with Gasteiger partial charge in [0.15, 0.2) is 0 Å². The Labute approximate surface area is 194 Å². The molecule has 1 atom stereocenters. The van der Waals surface area contributed by atoms with E-state index >= 15 is 0 Å². The summed E-state index contributed by atoms with van der Waals surface area (Å²) >= 11 is 6.00. The molecule has 4 rings (SSSR count). The predicted octanol–water partition coefficient (Wildman–Crippen LogP) is 4.26. The second kappa shape index (κ2) is 10.3. The lowest BCUT2D eigenvalue weighted by molar-refractivity contribution is 0.165. The van der Waals surface area contributed by atoms with E-state index in [1.807, 2.05) is 19.1 Å². The van der Waals surface area contributed by atoms with Gasteiger partial charge < -0.3 is 15.7 Å². The minimum atomic E-state index is 0.101. The lowest BCUT2D eigenvalue weighted by atomic mass is 10.1. The van der Waals surface area contributed by atoms with Crippen LogP contribution in [0.15, 0.2) is 48.5 Å². The molecule has 0 spiro atoms. The quantitative estimate of drug-likeness (QED) is 0.498. The summed E-state index contributed by atoms with van der Waals surface area (Å²) in [6.45, 7) is 9.02. The standard InChI is InChI=1S/C25H30ClN5O/c1-17-12-23(21-5-3-4-20(13-21)16-31-11-10-27-15-18(31)2)30-25(29-17)28-9-8-19-6-7-24(32)22(26)14-19/h3-7,12-14,18,27,32H,8-11,15-16H2,1-2H3,(H,28,29,30)/t18-/m0/s1. The molecule has 32 heavy (non-hydrogen) atoms. The minimum absolute atomic E-state index is 0.101. The van der Waals surface area contributed by atoms with E-state index in [0.29, 0.717) is 23.6 Å². The zero-order valence-electron chi connectivity index (χ0n) is 18.6. The molecule has 2 aromatic carbocycles. The van der Waals surface area contributed by atoms with Gasteiger partial charge in [-0.1, -0.05) is 35.9 Å². The van der Waals surface area contributed by atoms with Crippen molar-refractivity contribution < 1.29 is 5.11 Å². The molecule has 1 fully saturated rings. The number of benzene rings is 2. The molecule has 2 heterocycles. The van der Waals surface area contributed by atoms with Crippen molar-refractivity contribution in [2.24, 2.45) is 0 Å². The second-order valence-electron chi connectivity index (χ2n) is 8.40. The summed E-state index contributed by atoms with van der Waals surface area (Å²) in [4.78, 5) is 11.8. The average molecular weight is 452 g/mol. The lowest BCUT2D eigenvalue weighted by Gasteiger charge is -2.33. The van der Waals surface area contributed by atoms with E-state index in [4.69, 9.17) is 16.6 Å². The lowest BCUT2D eigenvalue weighted by Crippen LogP contribution is -2.49. The highest BCUT2D eigenvalue weighted by atomic mass is 35.5. The maximum absolute atomic E-state index is 9.57. The van der Waals surface area contributed by atoms with Crippen molar-refractivity contribution in [2.75, 3.05) is 31.5 Å². The van der Waals surface area contributed by atoms with E-state index in [2.05, 4.69) is 51.7 Å². The highest BCUT2D eigenvalue weighted by molar-refractivity contribution is 6.32. The molecule has 0 amide bonds. The van der Waals surface area contributed by atoms with Crippen LogP contribution in [-0.4, -0.2) is 52.2 Å². The third-order valence-electron chi connectivity index (χ3n) is 5.81. The number of nitrogens with one attached hydrogen (secondary N) is 2. The van der Waals surface area contributed by atoms with Crippen LogP contribution in [0.2, 0.25) is 5.02 Å². The van der Waals surface area contributed by atoms with Crippen molar-refractivity contribution in [2.45, 2.75) is 32.9 Å². The van der Waals surface area contributed by atoms with E-state index < -0.39 is 0 Å². The van der Waals surface area contributed by atoms with E-state index in [9.17, 15) is 5.11 Å². The van der Waals surface area contributed by atoms with Crippen LogP contribution in [0.25, 0.3) is 11.3 Å². The van der Waals surface area contributed by atoms with Gasteiger partial charge in [-0.15, -0.1) is 0 Å². The van der Waals surface area contributed by atoms with Crippen LogP contribution in [0, 0.1) is 6.92 Å². The molecule has 168 valence electrons. The number of rotatable bonds is 7. The summed E-state index contributed by atoms with van der Waals surface area (Å²) in [6.07, 6.45) is 0.755. The largest absolute Gasteiger partial charge is 0.506 e. The van der Waals surface area contributed by atoms with Gasteiger partial charge in [0.1, 0.15) is 5.75 Å². The van der Waals surface area contributed by atoms with Gasteiger partial charge in [-0.05, 0) is 55.7 Å². The number of aryl methyl sites for hydroxylation is 1. The molecule has 0 aliphatic carbocycles. The van der Waals surface area contributed by atoms with Crippen molar-refractivity contribution in [3.63, 3.8) is 0 Å². The number of phenolic OH excluding ortho intramolecular Hbond substituents is 1. The van der Waals surface area contributed by atoms with Crippen LogP contribution >= 0.6 is 11.6 Å². The van der Waals surface area contributed by atoms with Crippen molar-refractivity contribution >= 4 is 17.5 Å². The number of piperazine rings is 1. The van der Waals surface area contributed by atoms with Crippen LogP contribution in [0.5, 0.6) is 5.75 Å². The van der Waals surface area contributed by atoms with Gasteiger partial charge >= 0.3 is 0 Å². The van der Waals surface area contributed by atoms with E-state index in [1.54, 1.807) is 12.1 Å². The Morgan fingerprint density at radius 2 is 2.03 bits per heavy atom. The zero-order valence-corrected chi connectivity index (χ0v) is 19.4. The van der Waals surface area contributed by atoms with Crippen molar-refractivity contribution in [3.05, 3.63) is 70.4 Å². The molecular weight excluding hydrogens is 422 g/mol.